The number of allylic oxidation sites excluding steroid dienone is 1. The first-order chi connectivity index (χ1) is 28.5. The lowest BCUT2D eigenvalue weighted by Gasteiger charge is -2.41. The van der Waals surface area contributed by atoms with Gasteiger partial charge in [0.25, 0.3) is 5.91 Å². The number of hydrogen-bond donors (Lipinski definition) is 6. The molecule has 0 unspecified atom stereocenters. The summed E-state index contributed by atoms with van der Waals surface area (Å²) in [6.07, 6.45) is 11.2. The Morgan fingerprint density at radius 3 is 2.02 bits per heavy atom. The number of methoxy groups -OCH3 is 1. The van der Waals surface area contributed by atoms with Crippen LogP contribution < -0.4 is 27.0 Å². The second kappa shape index (κ2) is 22.3. The van der Waals surface area contributed by atoms with Crippen LogP contribution in [0.4, 0.5) is 0 Å². The largest absolute Gasteiger partial charge is 0.478 e. The van der Waals surface area contributed by atoms with Gasteiger partial charge < -0.3 is 46.5 Å². The predicted octanol–water partition coefficient (Wildman–Crippen LogP) is 2.37. The SMILES string of the molecule is COC(=O)/C=C/CC[C@H](NC(=O)c1ccccc1C(=O)O)C(=O)N[C@H](C(=O)N1CCOC[C@H]1C(=O)N[C@H](C(=O)N[C@H](C(N)=O)C1CCCCC1)C1CCCCC1)C(C)(C)C. The molecule has 1 aromatic carbocycles. The van der Waals surface area contributed by atoms with E-state index >= 15 is 0 Å². The third-order valence-corrected chi connectivity index (χ3v) is 11.6. The van der Waals surface area contributed by atoms with Gasteiger partial charge in [0.1, 0.15) is 30.2 Å². The maximum atomic E-state index is 14.6. The van der Waals surface area contributed by atoms with E-state index in [4.69, 9.17) is 10.5 Å². The fourth-order valence-corrected chi connectivity index (χ4v) is 8.27. The molecule has 3 fully saturated rings. The lowest BCUT2D eigenvalue weighted by atomic mass is 9.81. The van der Waals surface area contributed by atoms with E-state index < -0.39 is 83.0 Å². The number of morpholine rings is 1. The summed E-state index contributed by atoms with van der Waals surface area (Å²) in [4.78, 5) is 108. The summed E-state index contributed by atoms with van der Waals surface area (Å²) >= 11 is 0. The molecule has 17 heteroatoms. The summed E-state index contributed by atoms with van der Waals surface area (Å²) in [5.74, 6) is -6.24. The number of carbonyl (C=O) groups is 8. The molecule has 1 heterocycles. The van der Waals surface area contributed by atoms with Crippen LogP contribution in [0.15, 0.2) is 36.4 Å². The molecule has 4 rings (SSSR count). The normalized spacial score (nSPS) is 19.9. The number of carbonyl (C=O) groups excluding carboxylic acids is 7. The van der Waals surface area contributed by atoms with Crippen LogP contribution in [0.1, 0.15) is 119 Å². The molecule has 2 saturated carbocycles. The van der Waals surface area contributed by atoms with Gasteiger partial charge in [0.2, 0.25) is 29.5 Å². The van der Waals surface area contributed by atoms with Crippen molar-refractivity contribution in [2.24, 2.45) is 23.0 Å². The molecule has 2 aliphatic carbocycles. The zero-order valence-corrected chi connectivity index (χ0v) is 35.2. The number of aromatic carboxylic acids is 1. The van der Waals surface area contributed by atoms with E-state index in [-0.39, 0.29) is 55.6 Å². The van der Waals surface area contributed by atoms with Crippen molar-refractivity contribution in [1.29, 1.82) is 0 Å². The molecule has 1 aromatic rings. The molecular formula is C43H62N6O11. The fourth-order valence-electron chi connectivity index (χ4n) is 8.27. The molecule has 0 aromatic heterocycles. The van der Waals surface area contributed by atoms with Gasteiger partial charge in [0.15, 0.2) is 0 Å². The highest BCUT2D eigenvalue weighted by molar-refractivity contribution is 6.06. The van der Waals surface area contributed by atoms with Crippen molar-refractivity contribution < 1.29 is 52.9 Å². The van der Waals surface area contributed by atoms with E-state index in [0.29, 0.717) is 12.8 Å². The lowest BCUT2D eigenvalue weighted by Crippen LogP contribution is -2.65. The van der Waals surface area contributed by atoms with Crippen molar-refractivity contribution in [3.05, 3.63) is 47.5 Å². The minimum Gasteiger partial charge on any atom is -0.478 e. The fraction of sp³-hybridized carbons (Fsp3) is 0.628. The molecule has 6 amide bonds. The van der Waals surface area contributed by atoms with Crippen LogP contribution in [0.2, 0.25) is 0 Å². The zero-order chi connectivity index (χ0) is 44.0. The van der Waals surface area contributed by atoms with Gasteiger partial charge in [-0.1, -0.05) is 77.5 Å². The van der Waals surface area contributed by atoms with Gasteiger partial charge in [-0.2, -0.15) is 0 Å². The summed E-state index contributed by atoms with van der Waals surface area (Å²) in [6.45, 7) is 5.10. The average molecular weight is 839 g/mol. The molecule has 60 heavy (non-hydrogen) atoms. The Bertz CT molecular complexity index is 1750. The summed E-state index contributed by atoms with van der Waals surface area (Å²) < 4.78 is 10.3. The highest BCUT2D eigenvalue weighted by Gasteiger charge is 2.44. The molecule has 5 atom stereocenters. The highest BCUT2D eigenvalue weighted by Crippen LogP contribution is 2.30. The predicted molar refractivity (Wildman–Crippen MR) is 219 cm³/mol. The first-order valence-electron chi connectivity index (χ1n) is 21.0. The third kappa shape index (κ3) is 13.1. The second-order valence-electron chi connectivity index (χ2n) is 17.0. The number of carboxylic acids is 1. The van der Waals surface area contributed by atoms with Crippen molar-refractivity contribution in [2.75, 3.05) is 26.9 Å². The van der Waals surface area contributed by atoms with Gasteiger partial charge in [-0.05, 0) is 67.9 Å². The van der Waals surface area contributed by atoms with Crippen molar-refractivity contribution in [2.45, 2.75) is 128 Å². The standard InChI is InChI=1S/C43H62N6O11/c1-43(2,3)35(48-38(53)30(21-13-14-22-32(50)59-4)45-37(52)28-19-11-12-20-29(28)42(57)58)41(56)49-23-24-60-25-31(49)39(54)47-34(27-17-9-6-10-18-27)40(55)46-33(36(44)51)26-15-7-5-8-16-26/h11-12,14,19-20,22,26-27,30-31,33-35H,5-10,13,15-18,21,23-25H2,1-4H3,(H2,44,51)(H,45,52)(H,46,55)(H,47,54)(H,48,53)(H,57,58)/b22-14+/t30-,31-,33-,34-,35+/m0/s1. The maximum Gasteiger partial charge on any atom is 0.336 e. The van der Waals surface area contributed by atoms with Crippen LogP contribution in [0.25, 0.3) is 0 Å². The number of nitrogens with two attached hydrogens (primary N) is 1. The Labute approximate surface area is 351 Å². The van der Waals surface area contributed by atoms with Gasteiger partial charge in [0, 0.05) is 12.6 Å². The van der Waals surface area contributed by atoms with Crippen molar-refractivity contribution in [1.82, 2.24) is 26.2 Å². The van der Waals surface area contributed by atoms with E-state index in [2.05, 4.69) is 26.0 Å². The molecule has 3 aliphatic rings. The Morgan fingerprint density at radius 2 is 1.45 bits per heavy atom. The summed E-state index contributed by atoms with van der Waals surface area (Å²) in [5, 5.41) is 20.9. The minimum absolute atomic E-state index is 0.00441. The maximum absolute atomic E-state index is 14.6. The quantitative estimate of drug-likeness (QED) is 0.0982. The Balaban J connectivity index is 1.57. The highest BCUT2D eigenvalue weighted by atomic mass is 16.5. The van der Waals surface area contributed by atoms with E-state index in [1.165, 1.54) is 42.4 Å². The molecule has 7 N–H and O–H groups in total. The molecule has 1 aliphatic heterocycles. The first-order valence-corrected chi connectivity index (χ1v) is 21.0. The van der Waals surface area contributed by atoms with Gasteiger partial charge >= 0.3 is 11.9 Å². The number of esters is 1. The van der Waals surface area contributed by atoms with Gasteiger partial charge in [-0.3, -0.25) is 28.8 Å². The molecule has 330 valence electrons. The van der Waals surface area contributed by atoms with Crippen LogP contribution in [0.3, 0.4) is 0 Å². The third-order valence-electron chi connectivity index (χ3n) is 11.6. The molecule has 0 radical (unpaired) electrons. The van der Waals surface area contributed by atoms with E-state index in [9.17, 15) is 43.5 Å². The monoisotopic (exact) mass is 838 g/mol. The van der Waals surface area contributed by atoms with Crippen molar-refractivity contribution >= 4 is 47.4 Å². The van der Waals surface area contributed by atoms with E-state index in [1.807, 2.05) is 0 Å². The van der Waals surface area contributed by atoms with Crippen LogP contribution in [-0.4, -0.2) is 114 Å². The number of benzene rings is 1. The topological polar surface area (TPSA) is 253 Å². The van der Waals surface area contributed by atoms with E-state index in [0.717, 1.165) is 57.4 Å². The molecule has 17 nitrogen and oxygen atoms in total. The van der Waals surface area contributed by atoms with Crippen molar-refractivity contribution in [3.8, 4) is 0 Å². The number of primary amides is 1. The smallest absolute Gasteiger partial charge is 0.336 e. The van der Waals surface area contributed by atoms with Crippen LogP contribution in [0, 0.1) is 17.3 Å². The van der Waals surface area contributed by atoms with Crippen LogP contribution >= 0.6 is 0 Å². The molecular weight excluding hydrogens is 777 g/mol. The first kappa shape index (κ1) is 47.4. The number of hydrogen-bond acceptors (Lipinski definition) is 10. The zero-order valence-electron chi connectivity index (χ0n) is 35.2. The van der Waals surface area contributed by atoms with Crippen molar-refractivity contribution in [3.63, 3.8) is 0 Å². The number of nitrogens with zero attached hydrogens (tertiary/aromatic N) is 1. The van der Waals surface area contributed by atoms with Gasteiger partial charge in [-0.15, -0.1) is 0 Å². The summed E-state index contributed by atoms with van der Waals surface area (Å²) in [5.41, 5.74) is 4.40. The van der Waals surface area contributed by atoms with Gasteiger partial charge in [0.05, 0.1) is 31.5 Å². The van der Waals surface area contributed by atoms with E-state index in [1.54, 1.807) is 20.8 Å². The number of amides is 6. The average Bonchev–Trinajstić information content (AvgIpc) is 3.24. The Kier molecular flexibility index (Phi) is 17.6. The summed E-state index contributed by atoms with van der Waals surface area (Å²) in [7, 11) is 1.21. The molecule has 0 spiro atoms. The second-order valence-corrected chi connectivity index (χ2v) is 17.0. The minimum atomic E-state index is -1.34. The Morgan fingerprint density at radius 1 is 0.850 bits per heavy atom. The number of rotatable bonds is 17. The number of carboxylic acid groups (broad SMARTS) is 1. The van der Waals surface area contributed by atoms with Crippen LogP contribution in [0.5, 0.6) is 0 Å². The molecule has 1 saturated heterocycles. The number of nitrogens with one attached hydrogen (secondary N) is 4. The number of ether oxygens (including phenoxy) is 2. The lowest BCUT2D eigenvalue weighted by molar-refractivity contribution is -0.154. The molecule has 0 bridgehead atoms. The Hall–Kier alpha value is -5.32. The summed E-state index contributed by atoms with van der Waals surface area (Å²) in [6, 6.07) is -0.0696. The van der Waals surface area contributed by atoms with Gasteiger partial charge in [-0.25, -0.2) is 9.59 Å². The van der Waals surface area contributed by atoms with Crippen LogP contribution in [-0.2, 0) is 38.2 Å².